The number of ether oxygens (including phenoxy) is 1. The van der Waals surface area contributed by atoms with Gasteiger partial charge in [-0.05, 0) is 36.9 Å². The maximum Gasteiger partial charge on any atom is 0.419 e. The van der Waals surface area contributed by atoms with Crippen molar-refractivity contribution >= 4 is 22.7 Å². The summed E-state index contributed by atoms with van der Waals surface area (Å²) in [6.07, 6.45) is 0. The molecule has 30 heavy (non-hydrogen) atoms. The average molecular weight is 410 g/mol. The van der Waals surface area contributed by atoms with Gasteiger partial charge >= 0.3 is 5.76 Å². The second-order valence-corrected chi connectivity index (χ2v) is 7.66. The van der Waals surface area contributed by atoms with Gasteiger partial charge in [0.25, 0.3) is 0 Å². The van der Waals surface area contributed by atoms with Crippen molar-refractivity contribution in [3.63, 3.8) is 0 Å². The number of fused-ring (bicyclic) bond motifs is 1. The Kier molecular flexibility index (Phi) is 5.61. The summed E-state index contributed by atoms with van der Waals surface area (Å²) < 4.78 is 11.9. The van der Waals surface area contributed by atoms with E-state index in [9.17, 15) is 9.59 Å². The molecule has 0 aliphatic carbocycles. The van der Waals surface area contributed by atoms with Crippen LogP contribution in [0.1, 0.15) is 11.6 Å². The van der Waals surface area contributed by atoms with Gasteiger partial charge < -0.3 is 14.5 Å². The van der Waals surface area contributed by atoms with Crippen LogP contribution in [0.15, 0.2) is 51.7 Å². The largest absolute Gasteiger partial charge is 0.497 e. The molecule has 0 saturated carbocycles. The van der Waals surface area contributed by atoms with Crippen LogP contribution in [0.3, 0.4) is 0 Å². The number of amides is 1. The molecule has 1 N–H and O–H groups in total. The Morgan fingerprint density at radius 2 is 1.93 bits per heavy atom. The fraction of sp³-hybridized carbons (Fsp3) is 0.364. The third-order valence-corrected chi connectivity index (χ3v) is 5.68. The van der Waals surface area contributed by atoms with E-state index >= 15 is 0 Å². The standard InChI is InChI=1S/C22H26N4O4/c1-24-10-11-26(13-19(24)15-4-7-17(29-3)8-5-15)14-21(27)23-16-6-9-18-20(12-16)30-22(28)25(18)2/h4-9,12,19H,10-11,13-14H2,1-3H3,(H,23,27). The van der Waals surface area contributed by atoms with E-state index in [0.29, 0.717) is 23.3 Å². The van der Waals surface area contributed by atoms with Gasteiger partial charge in [-0.25, -0.2) is 4.79 Å². The third kappa shape index (κ3) is 4.10. The highest BCUT2D eigenvalue weighted by atomic mass is 16.5. The third-order valence-electron chi connectivity index (χ3n) is 5.68. The molecule has 158 valence electrons. The summed E-state index contributed by atoms with van der Waals surface area (Å²) in [5, 5.41) is 2.91. The second-order valence-electron chi connectivity index (χ2n) is 7.66. The minimum atomic E-state index is -0.421. The monoisotopic (exact) mass is 410 g/mol. The molecule has 1 atom stereocenters. The number of hydrogen-bond donors (Lipinski definition) is 1. The molecule has 0 radical (unpaired) electrons. The number of oxazole rings is 1. The molecule has 8 heteroatoms. The van der Waals surface area contributed by atoms with E-state index in [2.05, 4.69) is 34.3 Å². The molecule has 3 aromatic rings. The lowest BCUT2D eigenvalue weighted by atomic mass is 10.0. The molecule has 2 heterocycles. The van der Waals surface area contributed by atoms with Crippen molar-refractivity contribution in [3.05, 3.63) is 58.6 Å². The van der Waals surface area contributed by atoms with Crippen LogP contribution in [0.4, 0.5) is 5.69 Å². The Morgan fingerprint density at radius 1 is 1.17 bits per heavy atom. The number of nitrogens with zero attached hydrogens (tertiary/aromatic N) is 3. The fourth-order valence-electron chi connectivity index (χ4n) is 3.88. The number of nitrogens with one attached hydrogen (secondary N) is 1. The van der Waals surface area contributed by atoms with Crippen molar-refractivity contribution in [1.29, 1.82) is 0 Å². The van der Waals surface area contributed by atoms with Crippen LogP contribution >= 0.6 is 0 Å². The Morgan fingerprint density at radius 3 is 2.67 bits per heavy atom. The van der Waals surface area contributed by atoms with Crippen molar-refractivity contribution in [3.8, 4) is 5.75 Å². The lowest BCUT2D eigenvalue weighted by Crippen LogP contribution is -2.48. The molecule has 0 spiro atoms. The minimum Gasteiger partial charge on any atom is -0.497 e. The maximum atomic E-state index is 12.6. The highest BCUT2D eigenvalue weighted by Gasteiger charge is 2.26. The predicted octanol–water partition coefficient (Wildman–Crippen LogP) is 2.07. The quantitative estimate of drug-likeness (QED) is 0.694. The molecule has 1 saturated heterocycles. The summed E-state index contributed by atoms with van der Waals surface area (Å²) >= 11 is 0. The van der Waals surface area contributed by atoms with Gasteiger partial charge in [0, 0.05) is 44.5 Å². The number of carbonyl (C=O) groups is 1. The first-order valence-corrected chi connectivity index (χ1v) is 9.90. The summed E-state index contributed by atoms with van der Waals surface area (Å²) in [5.41, 5.74) is 2.97. The highest BCUT2D eigenvalue weighted by molar-refractivity contribution is 5.94. The van der Waals surface area contributed by atoms with Crippen molar-refractivity contribution in [1.82, 2.24) is 14.4 Å². The number of hydrogen-bond acceptors (Lipinski definition) is 6. The molecular weight excluding hydrogens is 384 g/mol. The van der Waals surface area contributed by atoms with E-state index < -0.39 is 5.76 Å². The zero-order chi connectivity index (χ0) is 21.3. The molecular formula is C22H26N4O4. The van der Waals surface area contributed by atoms with Gasteiger partial charge in [-0.3, -0.25) is 19.2 Å². The van der Waals surface area contributed by atoms with Gasteiger partial charge in [-0.15, -0.1) is 0 Å². The van der Waals surface area contributed by atoms with Gasteiger partial charge in [0.15, 0.2) is 5.58 Å². The smallest absolute Gasteiger partial charge is 0.419 e. The molecule has 1 fully saturated rings. The summed E-state index contributed by atoms with van der Waals surface area (Å²) in [6, 6.07) is 13.5. The van der Waals surface area contributed by atoms with Crippen molar-refractivity contribution in [2.45, 2.75) is 6.04 Å². The van der Waals surface area contributed by atoms with Crippen LogP contribution in [0, 0.1) is 0 Å². The topological polar surface area (TPSA) is 80.0 Å². The van der Waals surface area contributed by atoms with E-state index in [0.717, 1.165) is 25.4 Å². The number of methoxy groups -OCH3 is 1. The maximum absolute atomic E-state index is 12.6. The molecule has 4 rings (SSSR count). The Balaban J connectivity index is 1.40. The minimum absolute atomic E-state index is 0.0920. The first-order chi connectivity index (χ1) is 14.4. The van der Waals surface area contributed by atoms with E-state index in [1.807, 2.05) is 12.1 Å². The first-order valence-electron chi connectivity index (χ1n) is 9.90. The molecule has 8 nitrogen and oxygen atoms in total. The number of anilines is 1. The molecule has 1 unspecified atom stereocenters. The van der Waals surface area contributed by atoms with E-state index in [1.165, 1.54) is 10.1 Å². The number of aryl methyl sites for hydroxylation is 1. The molecule has 0 bridgehead atoms. The summed E-state index contributed by atoms with van der Waals surface area (Å²) in [4.78, 5) is 28.7. The van der Waals surface area contributed by atoms with E-state index in [4.69, 9.17) is 9.15 Å². The summed E-state index contributed by atoms with van der Waals surface area (Å²) in [5.74, 6) is 0.320. The normalized spacial score (nSPS) is 17.9. The van der Waals surface area contributed by atoms with Crippen LogP contribution < -0.4 is 15.8 Å². The van der Waals surface area contributed by atoms with E-state index in [1.54, 1.807) is 32.4 Å². The van der Waals surface area contributed by atoms with Gasteiger partial charge in [0.1, 0.15) is 5.75 Å². The number of carbonyl (C=O) groups excluding carboxylic acids is 1. The number of piperazine rings is 1. The van der Waals surface area contributed by atoms with Gasteiger partial charge in [0.05, 0.1) is 19.2 Å². The lowest BCUT2D eigenvalue weighted by Gasteiger charge is -2.39. The molecule has 1 aliphatic rings. The summed E-state index contributed by atoms with van der Waals surface area (Å²) in [6.45, 7) is 2.77. The van der Waals surface area contributed by atoms with Crippen LogP contribution in [0.2, 0.25) is 0 Å². The molecule has 2 aromatic carbocycles. The summed E-state index contributed by atoms with van der Waals surface area (Å²) in [7, 11) is 5.42. The van der Waals surface area contributed by atoms with Crippen LogP contribution in [-0.4, -0.2) is 60.6 Å². The number of rotatable bonds is 5. The Labute approximate surface area is 174 Å². The van der Waals surface area contributed by atoms with Crippen molar-refractivity contribution < 1.29 is 13.9 Å². The van der Waals surface area contributed by atoms with Gasteiger partial charge in [-0.2, -0.15) is 0 Å². The zero-order valence-corrected chi connectivity index (χ0v) is 17.4. The van der Waals surface area contributed by atoms with Crippen molar-refractivity contribution in [2.24, 2.45) is 7.05 Å². The van der Waals surface area contributed by atoms with Gasteiger partial charge in [-0.1, -0.05) is 12.1 Å². The number of likely N-dealkylation sites (N-methyl/N-ethyl adjacent to an activating group) is 1. The predicted molar refractivity (Wildman–Crippen MR) is 115 cm³/mol. The zero-order valence-electron chi connectivity index (χ0n) is 17.4. The Hall–Kier alpha value is -3.10. The number of benzene rings is 2. The molecule has 1 amide bonds. The van der Waals surface area contributed by atoms with Crippen molar-refractivity contribution in [2.75, 3.05) is 45.7 Å². The first kappa shape index (κ1) is 20.2. The van der Waals surface area contributed by atoms with Gasteiger partial charge in [0.2, 0.25) is 5.91 Å². The fourth-order valence-corrected chi connectivity index (χ4v) is 3.88. The average Bonchev–Trinajstić information content (AvgIpc) is 3.02. The SMILES string of the molecule is COc1ccc(C2CN(CC(=O)Nc3ccc4c(c3)oc(=O)n4C)CCN2C)cc1. The molecule has 1 aromatic heterocycles. The van der Waals surface area contributed by atoms with Crippen LogP contribution in [0.25, 0.3) is 11.1 Å². The second kappa shape index (κ2) is 8.33. The van der Waals surface area contributed by atoms with E-state index in [-0.39, 0.29) is 11.9 Å². The molecule has 1 aliphatic heterocycles. The van der Waals surface area contributed by atoms with Crippen LogP contribution in [-0.2, 0) is 11.8 Å². The highest BCUT2D eigenvalue weighted by Crippen LogP contribution is 2.26. The number of aromatic nitrogens is 1. The van der Waals surface area contributed by atoms with Crippen LogP contribution in [0.5, 0.6) is 5.75 Å². The Bertz CT molecular complexity index is 1100. The lowest BCUT2D eigenvalue weighted by molar-refractivity contribution is -0.118.